The second kappa shape index (κ2) is 17.0. The summed E-state index contributed by atoms with van der Waals surface area (Å²) in [4.78, 5) is 0. The maximum Gasteiger partial charge on any atom is 0.245 e. The first-order valence-electron chi connectivity index (χ1n) is 12.6. The summed E-state index contributed by atoms with van der Waals surface area (Å²) in [6.07, 6.45) is 26.5. The summed E-state index contributed by atoms with van der Waals surface area (Å²) in [5.41, 5.74) is 0. The molecule has 0 saturated carbocycles. The number of hydrogen-bond donors (Lipinski definition) is 0. The molecule has 2 rings (SSSR count). The van der Waals surface area contributed by atoms with Gasteiger partial charge in [-0.2, -0.15) is 0 Å². The number of aromatic nitrogens is 4. The SMILES string of the molecule is CCCCCCn1cc[n+](COCCCCCOC[n+]2ccn(CCCCCC)c2)c1. The van der Waals surface area contributed by atoms with Crippen molar-refractivity contribution in [2.24, 2.45) is 0 Å². The zero-order chi connectivity index (χ0) is 22.0. The molecule has 2 aromatic heterocycles. The van der Waals surface area contributed by atoms with Gasteiger partial charge in [-0.25, -0.2) is 18.3 Å². The molecule has 0 unspecified atom stereocenters. The third-order valence-corrected chi connectivity index (χ3v) is 5.59. The van der Waals surface area contributed by atoms with Crippen molar-refractivity contribution in [3.63, 3.8) is 0 Å². The number of nitrogens with zero attached hydrogens (tertiary/aromatic N) is 4. The molecule has 0 amide bonds. The number of hydrogen-bond acceptors (Lipinski definition) is 2. The lowest BCUT2D eigenvalue weighted by molar-refractivity contribution is -0.732. The minimum atomic E-state index is 0.643. The van der Waals surface area contributed by atoms with Gasteiger partial charge in [-0.15, -0.1) is 0 Å². The minimum Gasteiger partial charge on any atom is -0.342 e. The van der Waals surface area contributed by atoms with Gasteiger partial charge in [0, 0.05) is 0 Å². The first-order chi connectivity index (χ1) is 15.3. The van der Waals surface area contributed by atoms with Gasteiger partial charge in [0.25, 0.3) is 0 Å². The average Bonchev–Trinajstić information content (AvgIpc) is 3.42. The average molecular weight is 435 g/mol. The fourth-order valence-corrected chi connectivity index (χ4v) is 3.66. The molecule has 0 atom stereocenters. The van der Waals surface area contributed by atoms with Crippen LogP contribution in [0.3, 0.4) is 0 Å². The van der Waals surface area contributed by atoms with Gasteiger partial charge in [-0.1, -0.05) is 39.5 Å². The Kier molecular flexibility index (Phi) is 14.0. The van der Waals surface area contributed by atoms with Crippen LogP contribution >= 0.6 is 0 Å². The van der Waals surface area contributed by atoms with Crippen molar-refractivity contribution in [2.45, 2.75) is 111 Å². The maximum atomic E-state index is 5.80. The van der Waals surface area contributed by atoms with Crippen LogP contribution in [0.1, 0.15) is 84.5 Å². The highest BCUT2D eigenvalue weighted by atomic mass is 16.5. The van der Waals surface area contributed by atoms with Crippen molar-refractivity contribution >= 4 is 0 Å². The van der Waals surface area contributed by atoms with E-state index >= 15 is 0 Å². The second-order valence-corrected chi connectivity index (χ2v) is 8.59. The standard InChI is InChI=1S/C25H46N4O2/c1-3-5-7-10-14-26-16-18-28(22-26)24-30-20-12-9-13-21-31-25-29-19-17-27(23-29)15-11-8-6-4-2/h16-19,22-23H,3-15,20-21,24-25H2,1-2H3/q+2. The Morgan fingerprint density at radius 2 is 1.03 bits per heavy atom. The summed E-state index contributed by atoms with van der Waals surface area (Å²) >= 11 is 0. The Bertz CT molecular complexity index is 612. The second-order valence-electron chi connectivity index (χ2n) is 8.59. The Balaban J connectivity index is 1.41. The predicted molar refractivity (Wildman–Crippen MR) is 123 cm³/mol. The highest BCUT2D eigenvalue weighted by Gasteiger charge is 2.04. The van der Waals surface area contributed by atoms with Crippen LogP contribution in [0.5, 0.6) is 0 Å². The van der Waals surface area contributed by atoms with Gasteiger partial charge in [-0.05, 0) is 44.9 Å². The van der Waals surface area contributed by atoms with Crippen LogP contribution < -0.4 is 9.13 Å². The molecule has 0 aliphatic heterocycles. The molecule has 6 heteroatoms. The van der Waals surface area contributed by atoms with Crippen LogP contribution in [-0.2, 0) is 36.0 Å². The smallest absolute Gasteiger partial charge is 0.245 e. The van der Waals surface area contributed by atoms with Crippen molar-refractivity contribution in [1.82, 2.24) is 9.13 Å². The molecule has 176 valence electrons. The monoisotopic (exact) mass is 434 g/mol. The summed E-state index contributed by atoms with van der Waals surface area (Å²) in [5, 5.41) is 0. The summed E-state index contributed by atoms with van der Waals surface area (Å²) < 4.78 is 20.4. The van der Waals surface area contributed by atoms with Gasteiger partial charge in [0.15, 0.2) is 13.5 Å². The Hall–Kier alpha value is -1.66. The van der Waals surface area contributed by atoms with E-state index in [1.54, 1.807) is 0 Å². The highest BCUT2D eigenvalue weighted by molar-refractivity contribution is 4.66. The van der Waals surface area contributed by atoms with E-state index in [1.165, 1.54) is 51.4 Å². The van der Waals surface area contributed by atoms with E-state index in [-0.39, 0.29) is 0 Å². The normalized spacial score (nSPS) is 11.4. The van der Waals surface area contributed by atoms with Gasteiger partial charge >= 0.3 is 0 Å². The molecule has 0 fully saturated rings. The molecule has 0 aromatic carbocycles. The van der Waals surface area contributed by atoms with Gasteiger partial charge in [-0.3, -0.25) is 0 Å². The minimum absolute atomic E-state index is 0.643. The number of unbranched alkanes of at least 4 members (excludes halogenated alkanes) is 8. The fourth-order valence-electron chi connectivity index (χ4n) is 3.66. The van der Waals surface area contributed by atoms with Gasteiger partial charge in [0.2, 0.25) is 12.7 Å². The van der Waals surface area contributed by atoms with Crippen LogP contribution in [0.15, 0.2) is 37.4 Å². The number of imidazole rings is 2. The fraction of sp³-hybridized carbons (Fsp3) is 0.760. The first-order valence-corrected chi connectivity index (χ1v) is 12.6. The molecule has 0 bridgehead atoms. The molecule has 6 nitrogen and oxygen atoms in total. The first kappa shape index (κ1) is 25.6. The van der Waals surface area contributed by atoms with Gasteiger partial charge < -0.3 is 9.47 Å². The van der Waals surface area contributed by atoms with Crippen LogP contribution in [0.25, 0.3) is 0 Å². The van der Waals surface area contributed by atoms with E-state index in [0.29, 0.717) is 13.5 Å². The molecule has 0 radical (unpaired) electrons. The zero-order valence-corrected chi connectivity index (χ0v) is 20.1. The molecule has 2 heterocycles. The lowest BCUT2D eigenvalue weighted by Gasteiger charge is -2.03. The maximum absolute atomic E-state index is 5.80. The highest BCUT2D eigenvalue weighted by Crippen LogP contribution is 2.02. The third-order valence-electron chi connectivity index (χ3n) is 5.59. The molecule has 0 saturated heterocycles. The lowest BCUT2D eigenvalue weighted by atomic mass is 10.2. The Labute approximate surface area is 189 Å². The predicted octanol–water partition coefficient (Wildman–Crippen LogP) is 4.84. The van der Waals surface area contributed by atoms with E-state index in [1.807, 2.05) is 0 Å². The van der Waals surface area contributed by atoms with Crippen LogP contribution in [0, 0.1) is 0 Å². The quantitative estimate of drug-likeness (QED) is 0.221. The lowest BCUT2D eigenvalue weighted by Crippen LogP contribution is -2.33. The van der Waals surface area contributed by atoms with Crippen molar-refractivity contribution in [2.75, 3.05) is 13.2 Å². The zero-order valence-electron chi connectivity index (χ0n) is 20.1. The summed E-state index contributed by atoms with van der Waals surface area (Å²) in [7, 11) is 0. The van der Waals surface area contributed by atoms with Crippen LogP contribution in [-0.4, -0.2) is 22.3 Å². The van der Waals surface area contributed by atoms with Gasteiger partial charge in [0.1, 0.15) is 24.8 Å². The van der Waals surface area contributed by atoms with E-state index in [9.17, 15) is 0 Å². The van der Waals surface area contributed by atoms with E-state index in [0.717, 1.165) is 45.6 Å². The largest absolute Gasteiger partial charge is 0.342 e. The van der Waals surface area contributed by atoms with E-state index in [2.05, 4.69) is 69.6 Å². The van der Waals surface area contributed by atoms with Crippen molar-refractivity contribution < 1.29 is 18.6 Å². The molecule has 31 heavy (non-hydrogen) atoms. The molecule has 0 aliphatic carbocycles. The summed E-state index contributed by atoms with van der Waals surface area (Å²) in [6, 6.07) is 0. The van der Waals surface area contributed by atoms with Crippen LogP contribution in [0.2, 0.25) is 0 Å². The molecular formula is C25H46N4O2+2. The molecule has 0 N–H and O–H groups in total. The molecule has 2 aromatic rings. The van der Waals surface area contributed by atoms with Crippen molar-refractivity contribution in [3.05, 3.63) is 37.4 Å². The van der Waals surface area contributed by atoms with Crippen LogP contribution in [0.4, 0.5) is 0 Å². The summed E-state index contributed by atoms with van der Waals surface area (Å²) in [5.74, 6) is 0. The number of ether oxygens (including phenoxy) is 2. The van der Waals surface area contributed by atoms with Crippen molar-refractivity contribution in [1.29, 1.82) is 0 Å². The number of rotatable bonds is 20. The molecule has 0 spiro atoms. The van der Waals surface area contributed by atoms with E-state index < -0.39 is 0 Å². The molecular weight excluding hydrogens is 388 g/mol. The van der Waals surface area contributed by atoms with Crippen molar-refractivity contribution in [3.8, 4) is 0 Å². The van der Waals surface area contributed by atoms with E-state index in [4.69, 9.17) is 9.47 Å². The number of aryl methyl sites for hydroxylation is 2. The molecule has 0 aliphatic rings. The Morgan fingerprint density at radius 3 is 1.48 bits per heavy atom. The van der Waals surface area contributed by atoms with Gasteiger partial charge in [0.05, 0.1) is 26.3 Å². The summed E-state index contributed by atoms with van der Waals surface area (Å²) in [6.45, 7) is 9.62. The topological polar surface area (TPSA) is 36.1 Å². The third kappa shape index (κ3) is 12.1. The Morgan fingerprint density at radius 1 is 0.581 bits per heavy atom.